The van der Waals surface area contributed by atoms with Crippen LogP contribution in [0.4, 0.5) is 17.6 Å². The largest absolute Gasteiger partial charge is 0.410 e. The normalized spacial score (nSPS) is 17.6. The van der Waals surface area contributed by atoms with Crippen molar-refractivity contribution in [3.05, 3.63) is 35.6 Å². The van der Waals surface area contributed by atoms with Crippen molar-refractivity contribution in [1.29, 1.82) is 0 Å². The molecule has 1 aromatic carbocycles. The molecule has 1 fully saturated rings. The number of hydrogen-bond donors (Lipinski definition) is 2. The molecule has 2 rings (SSSR count). The number of nitrogens with one attached hydrogen (secondary N) is 1. The monoisotopic (exact) mass is 347 g/mol. The Kier molecular flexibility index (Phi) is 5.08. The molecule has 0 aliphatic heterocycles. The fourth-order valence-corrected chi connectivity index (χ4v) is 2.20. The van der Waals surface area contributed by atoms with E-state index in [-0.39, 0.29) is 11.9 Å². The minimum absolute atomic E-state index is 0.168. The van der Waals surface area contributed by atoms with E-state index >= 15 is 0 Å². The quantitative estimate of drug-likeness (QED) is 0.376. The Hall–Kier alpha value is -1.83. The molecular weight excluding hydrogens is 326 g/mol. The van der Waals surface area contributed by atoms with Crippen molar-refractivity contribution >= 4 is 5.96 Å². The van der Waals surface area contributed by atoms with Crippen LogP contribution in [0, 0.1) is 11.7 Å². The van der Waals surface area contributed by atoms with Crippen LogP contribution >= 0.6 is 0 Å². The number of halogens is 4. The van der Waals surface area contributed by atoms with Gasteiger partial charge >= 0.3 is 6.18 Å². The van der Waals surface area contributed by atoms with Gasteiger partial charge in [0.25, 0.3) is 0 Å². The van der Waals surface area contributed by atoms with Gasteiger partial charge in [0.1, 0.15) is 11.4 Å². The molecule has 1 aromatic rings. The van der Waals surface area contributed by atoms with E-state index in [0.717, 1.165) is 26.7 Å². The van der Waals surface area contributed by atoms with Crippen LogP contribution in [0.1, 0.15) is 38.3 Å². The first-order chi connectivity index (χ1) is 11.0. The number of alkyl halides is 3. The van der Waals surface area contributed by atoms with Crippen molar-refractivity contribution in [1.82, 2.24) is 10.4 Å². The van der Waals surface area contributed by atoms with Gasteiger partial charge in [-0.15, -0.1) is 0 Å². The van der Waals surface area contributed by atoms with Gasteiger partial charge in [0.15, 0.2) is 0 Å². The molecule has 0 heterocycles. The number of nitrogens with zero attached hydrogens (tertiary/aromatic N) is 2. The van der Waals surface area contributed by atoms with E-state index in [1.807, 2.05) is 0 Å². The highest BCUT2D eigenvalue weighted by molar-refractivity contribution is 5.79. The van der Waals surface area contributed by atoms with E-state index in [9.17, 15) is 22.8 Å². The van der Waals surface area contributed by atoms with Crippen LogP contribution in [-0.2, 0) is 0 Å². The predicted molar refractivity (Wildman–Crippen MR) is 82.1 cm³/mol. The summed E-state index contributed by atoms with van der Waals surface area (Å²) < 4.78 is 52.3. The number of benzene rings is 1. The van der Waals surface area contributed by atoms with Gasteiger partial charge in [0.05, 0.1) is 6.04 Å². The minimum atomic E-state index is -4.52. The zero-order valence-corrected chi connectivity index (χ0v) is 13.7. The third kappa shape index (κ3) is 4.37. The summed E-state index contributed by atoms with van der Waals surface area (Å²) in [6.07, 6.45) is -2.75. The lowest BCUT2D eigenvalue weighted by atomic mass is 10.0. The molecule has 1 saturated carbocycles. The van der Waals surface area contributed by atoms with Gasteiger partial charge < -0.3 is 5.32 Å². The van der Waals surface area contributed by atoms with Crippen molar-refractivity contribution in [2.45, 2.75) is 44.4 Å². The van der Waals surface area contributed by atoms with Crippen molar-refractivity contribution in [3.63, 3.8) is 0 Å². The second-order valence-corrected chi connectivity index (χ2v) is 6.56. The summed E-state index contributed by atoms with van der Waals surface area (Å²) in [6, 6.07) is 5.26. The standard InChI is InChI=1S/C16H21F4N3O/c1-15(2,16(18,19)20)22-14(23(3)24)21-13(10-4-5-10)11-6-8-12(17)9-7-11/h6-10,13,24H,4-5H2,1-3H3,(H,21,22). The van der Waals surface area contributed by atoms with Gasteiger partial charge in [0.2, 0.25) is 5.96 Å². The molecule has 0 saturated heterocycles. The molecule has 0 bridgehead atoms. The highest BCUT2D eigenvalue weighted by Gasteiger charge is 2.48. The predicted octanol–water partition coefficient (Wildman–Crippen LogP) is 3.88. The summed E-state index contributed by atoms with van der Waals surface area (Å²) >= 11 is 0. The maximum absolute atomic E-state index is 13.1. The maximum atomic E-state index is 13.1. The smallest absolute Gasteiger partial charge is 0.341 e. The van der Waals surface area contributed by atoms with Gasteiger partial charge in [-0.1, -0.05) is 12.1 Å². The third-order valence-corrected chi connectivity index (χ3v) is 3.98. The molecule has 0 aromatic heterocycles. The molecule has 24 heavy (non-hydrogen) atoms. The molecule has 4 nitrogen and oxygen atoms in total. The highest BCUT2D eigenvalue weighted by atomic mass is 19.4. The second kappa shape index (κ2) is 6.58. The van der Waals surface area contributed by atoms with Crippen LogP contribution < -0.4 is 5.32 Å². The average molecular weight is 347 g/mol. The first-order valence-electron chi connectivity index (χ1n) is 7.62. The second-order valence-electron chi connectivity index (χ2n) is 6.56. The zero-order chi connectivity index (χ0) is 18.1. The van der Waals surface area contributed by atoms with Gasteiger partial charge in [-0.2, -0.15) is 13.2 Å². The average Bonchev–Trinajstić information content (AvgIpc) is 3.27. The zero-order valence-electron chi connectivity index (χ0n) is 13.7. The lowest BCUT2D eigenvalue weighted by molar-refractivity contribution is -0.182. The number of aliphatic imine (C=N–C) groups is 1. The molecule has 0 spiro atoms. The Morgan fingerprint density at radius 3 is 2.21 bits per heavy atom. The summed E-state index contributed by atoms with van der Waals surface area (Å²) in [5, 5.41) is 12.5. The summed E-state index contributed by atoms with van der Waals surface area (Å²) in [5.74, 6) is -0.507. The topological polar surface area (TPSA) is 47.9 Å². The Morgan fingerprint density at radius 1 is 1.25 bits per heavy atom. The fourth-order valence-electron chi connectivity index (χ4n) is 2.20. The van der Waals surface area contributed by atoms with Gasteiger partial charge in [-0.3, -0.25) is 5.21 Å². The summed E-state index contributed by atoms with van der Waals surface area (Å²) in [6.45, 7) is 1.94. The molecule has 2 N–H and O–H groups in total. The van der Waals surface area contributed by atoms with Crippen molar-refractivity contribution in [2.75, 3.05) is 7.05 Å². The fraction of sp³-hybridized carbons (Fsp3) is 0.562. The SMILES string of the molecule is CN(O)C(=NC(c1ccc(F)cc1)C1CC1)NC(C)(C)C(F)(F)F. The van der Waals surface area contributed by atoms with Gasteiger partial charge in [-0.05, 0) is 50.3 Å². The van der Waals surface area contributed by atoms with Crippen LogP contribution in [0.25, 0.3) is 0 Å². The molecular formula is C16H21F4N3O. The summed E-state index contributed by atoms with van der Waals surface area (Å²) in [5.41, 5.74) is -1.57. The molecule has 8 heteroatoms. The number of hydrogen-bond acceptors (Lipinski definition) is 2. The number of guanidine groups is 1. The summed E-state index contributed by atoms with van der Waals surface area (Å²) in [4.78, 5) is 4.30. The molecule has 1 atom stereocenters. The van der Waals surface area contributed by atoms with Crippen LogP contribution in [0.5, 0.6) is 0 Å². The van der Waals surface area contributed by atoms with E-state index in [1.165, 1.54) is 19.2 Å². The first-order valence-corrected chi connectivity index (χ1v) is 7.62. The molecule has 1 aliphatic rings. The Labute approximate surface area is 138 Å². The molecule has 1 aliphatic carbocycles. The van der Waals surface area contributed by atoms with Crippen LogP contribution in [-0.4, -0.2) is 35.0 Å². The number of hydroxylamine groups is 2. The van der Waals surface area contributed by atoms with E-state index in [0.29, 0.717) is 10.6 Å². The molecule has 0 radical (unpaired) electrons. The van der Waals surface area contributed by atoms with E-state index in [2.05, 4.69) is 10.3 Å². The van der Waals surface area contributed by atoms with Gasteiger partial charge in [0, 0.05) is 7.05 Å². The van der Waals surface area contributed by atoms with E-state index < -0.39 is 23.6 Å². The lowest BCUT2D eigenvalue weighted by Gasteiger charge is -2.32. The lowest BCUT2D eigenvalue weighted by Crippen LogP contribution is -2.57. The Bertz CT molecular complexity index is 592. The van der Waals surface area contributed by atoms with E-state index in [4.69, 9.17) is 0 Å². The highest BCUT2D eigenvalue weighted by Crippen LogP contribution is 2.43. The van der Waals surface area contributed by atoms with Crippen molar-refractivity contribution in [3.8, 4) is 0 Å². The Morgan fingerprint density at radius 2 is 1.79 bits per heavy atom. The van der Waals surface area contributed by atoms with Crippen LogP contribution in [0.3, 0.4) is 0 Å². The maximum Gasteiger partial charge on any atom is 0.410 e. The summed E-state index contributed by atoms with van der Waals surface area (Å²) in [7, 11) is 1.20. The Balaban J connectivity index is 2.31. The first kappa shape index (κ1) is 18.5. The molecule has 0 amide bonds. The molecule has 1 unspecified atom stereocenters. The van der Waals surface area contributed by atoms with Crippen LogP contribution in [0.2, 0.25) is 0 Å². The van der Waals surface area contributed by atoms with Crippen LogP contribution in [0.15, 0.2) is 29.3 Å². The third-order valence-electron chi connectivity index (χ3n) is 3.98. The molecule has 134 valence electrons. The van der Waals surface area contributed by atoms with Gasteiger partial charge in [-0.25, -0.2) is 14.4 Å². The number of rotatable bonds is 4. The minimum Gasteiger partial charge on any atom is -0.341 e. The van der Waals surface area contributed by atoms with E-state index in [1.54, 1.807) is 12.1 Å². The van der Waals surface area contributed by atoms with Crippen molar-refractivity contribution < 1.29 is 22.8 Å². The van der Waals surface area contributed by atoms with Crippen molar-refractivity contribution in [2.24, 2.45) is 10.9 Å².